The van der Waals surface area contributed by atoms with Gasteiger partial charge in [-0.05, 0) is 46.8 Å². The van der Waals surface area contributed by atoms with Crippen molar-refractivity contribution in [3.63, 3.8) is 0 Å². The molecule has 9 nitrogen and oxygen atoms in total. The van der Waals surface area contributed by atoms with Crippen LogP contribution in [-0.2, 0) is 10.0 Å². The van der Waals surface area contributed by atoms with Gasteiger partial charge in [-0.3, -0.25) is 9.52 Å². The Hall–Kier alpha value is -3.27. The number of nitrogens with one attached hydrogen (secondary N) is 2. The largest absolute Gasteiger partial charge is 0.320 e. The zero-order chi connectivity index (χ0) is 17.9. The molecule has 0 spiro atoms. The van der Waals surface area contributed by atoms with Crippen molar-refractivity contribution < 1.29 is 13.2 Å². The lowest BCUT2D eigenvalue weighted by Crippen LogP contribution is -2.16. The van der Waals surface area contributed by atoms with E-state index in [0.29, 0.717) is 22.6 Å². The summed E-state index contributed by atoms with van der Waals surface area (Å²) >= 11 is 0. The van der Waals surface area contributed by atoms with Crippen LogP contribution in [0.25, 0.3) is 5.69 Å². The molecule has 25 heavy (non-hydrogen) atoms. The van der Waals surface area contributed by atoms with Crippen LogP contribution in [0.2, 0.25) is 0 Å². The Morgan fingerprint density at radius 2 is 1.72 bits per heavy atom. The van der Waals surface area contributed by atoms with Gasteiger partial charge in [0.15, 0.2) is 0 Å². The van der Waals surface area contributed by atoms with Crippen LogP contribution in [0, 0.1) is 0 Å². The van der Waals surface area contributed by atoms with Crippen LogP contribution < -0.4 is 10.0 Å². The summed E-state index contributed by atoms with van der Waals surface area (Å²) in [5.41, 5.74) is 1.78. The quantitative estimate of drug-likeness (QED) is 0.709. The predicted molar refractivity (Wildman–Crippen MR) is 92.0 cm³/mol. The molecule has 0 saturated carbocycles. The van der Waals surface area contributed by atoms with Crippen molar-refractivity contribution in [2.24, 2.45) is 0 Å². The maximum absolute atomic E-state index is 12.4. The van der Waals surface area contributed by atoms with E-state index in [1.807, 2.05) is 0 Å². The first-order valence-corrected chi connectivity index (χ1v) is 9.03. The first kappa shape index (κ1) is 16.6. The number of benzene rings is 2. The maximum atomic E-state index is 12.4. The van der Waals surface area contributed by atoms with E-state index in [1.54, 1.807) is 48.5 Å². The Balaban J connectivity index is 1.79. The fourth-order valence-electron chi connectivity index (χ4n) is 2.12. The smallest absolute Gasteiger partial charge is 0.255 e. The molecule has 10 heteroatoms. The molecule has 0 aliphatic rings. The van der Waals surface area contributed by atoms with Crippen LogP contribution in [0.4, 0.5) is 11.4 Å². The molecule has 0 aliphatic carbocycles. The molecule has 0 bridgehead atoms. The van der Waals surface area contributed by atoms with E-state index in [9.17, 15) is 13.2 Å². The minimum atomic E-state index is -3.45. The number of anilines is 2. The normalized spacial score (nSPS) is 11.1. The lowest BCUT2D eigenvalue weighted by atomic mass is 10.2. The molecule has 0 saturated heterocycles. The SMILES string of the molecule is CS(=O)(=O)Nc1ccccc1NC(=O)c1ccc(-n2cnnn2)cc1. The average Bonchev–Trinajstić information content (AvgIpc) is 3.10. The van der Waals surface area contributed by atoms with E-state index in [2.05, 4.69) is 25.6 Å². The highest BCUT2D eigenvalue weighted by Gasteiger charge is 2.11. The molecule has 0 fully saturated rings. The van der Waals surface area contributed by atoms with Crippen LogP contribution in [0.5, 0.6) is 0 Å². The van der Waals surface area contributed by atoms with Crippen molar-refractivity contribution in [3.05, 3.63) is 60.4 Å². The van der Waals surface area contributed by atoms with Gasteiger partial charge in [-0.2, -0.15) is 0 Å². The summed E-state index contributed by atoms with van der Waals surface area (Å²) in [5, 5.41) is 13.6. The molecule has 0 radical (unpaired) electrons. The van der Waals surface area contributed by atoms with Crippen LogP contribution in [0.15, 0.2) is 54.9 Å². The topological polar surface area (TPSA) is 119 Å². The monoisotopic (exact) mass is 358 g/mol. The molecular weight excluding hydrogens is 344 g/mol. The zero-order valence-corrected chi connectivity index (χ0v) is 13.9. The van der Waals surface area contributed by atoms with Crippen molar-refractivity contribution in [1.82, 2.24) is 20.2 Å². The minimum absolute atomic E-state index is 0.295. The number of sulfonamides is 1. The van der Waals surface area contributed by atoms with Gasteiger partial charge in [-0.15, -0.1) is 5.10 Å². The molecule has 2 aromatic carbocycles. The highest BCUT2D eigenvalue weighted by Crippen LogP contribution is 2.22. The average molecular weight is 358 g/mol. The first-order valence-electron chi connectivity index (χ1n) is 7.14. The van der Waals surface area contributed by atoms with Crippen LogP contribution in [0.3, 0.4) is 0 Å². The lowest BCUT2D eigenvalue weighted by molar-refractivity contribution is 0.102. The van der Waals surface area contributed by atoms with Crippen molar-refractivity contribution in [2.75, 3.05) is 16.3 Å². The van der Waals surface area contributed by atoms with Gasteiger partial charge in [-0.1, -0.05) is 12.1 Å². The third kappa shape index (κ3) is 4.18. The second-order valence-electron chi connectivity index (χ2n) is 5.18. The molecule has 1 heterocycles. The van der Waals surface area contributed by atoms with Gasteiger partial charge in [-0.25, -0.2) is 13.1 Å². The van der Waals surface area contributed by atoms with Gasteiger partial charge in [0, 0.05) is 5.56 Å². The Morgan fingerprint density at radius 1 is 1.04 bits per heavy atom. The summed E-state index contributed by atoms with van der Waals surface area (Å²) in [6.07, 6.45) is 2.49. The third-order valence-corrected chi connectivity index (χ3v) is 3.80. The maximum Gasteiger partial charge on any atom is 0.255 e. The number of carbonyl (C=O) groups is 1. The fraction of sp³-hybridized carbons (Fsp3) is 0.0667. The van der Waals surface area contributed by atoms with E-state index in [1.165, 1.54) is 11.0 Å². The summed E-state index contributed by atoms with van der Waals surface area (Å²) in [4.78, 5) is 12.4. The summed E-state index contributed by atoms with van der Waals surface area (Å²) in [6.45, 7) is 0. The molecule has 3 rings (SSSR count). The van der Waals surface area contributed by atoms with Gasteiger partial charge >= 0.3 is 0 Å². The van der Waals surface area contributed by atoms with Crippen molar-refractivity contribution >= 4 is 27.3 Å². The molecule has 1 amide bonds. The Morgan fingerprint density at radius 3 is 2.32 bits per heavy atom. The molecule has 2 N–H and O–H groups in total. The second kappa shape index (κ2) is 6.69. The number of rotatable bonds is 5. The lowest BCUT2D eigenvalue weighted by Gasteiger charge is -2.12. The van der Waals surface area contributed by atoms with E-state index in [-0.39, 0.29) is 5.91 Å². The van der Waals surface area contributed by atoms with Gasteiger partial charge in [0.05, 0.1) is 23.3 Å². The van der Waals surface area contributed by atoms with Crippen molar-refractivity contribution in [2.45, 2.75) is 0 Å². The number of aromatic nitrogens is 4. The van der Waals surface area contributed by atoms with E-state index >= 15 is 0 Å². The predicted octanol–water partition coefficient (Wildman–Crippen LogP) is 1.29. The van der Waals surface area contributed by atoms with Crippen molar-refractivity contribution in [3.8, 4) is 5.69 Å². The van der Waals surface area contributed by atoms with E-state index in [4.69, 9.17) is 0 Å². The Kier molecular flexibility index (Phi) is 4.44. The van der Waals surface area contributed by atoms with Gasteiger partial charge < -0.3 is 5.32 Å². The van der Waals surface area contributed by atoms with Gasteiger partial charge in [0.25, 0.3) is 5.91 Å². The molecule has 0 aliphatic heterocycles. The highest BCUT2D eigenvalue weighted by atomic mass is 32.2. The molecule has 1 aromatic heterocycles. The standard InChI is InChI=1S/C15H14N6O3S/c1-25(23,24)18-14-5-3-2-4-13(14)17-15(22)11-6-8-12(9-7-11)21-10-16-19-20-21/h2-10,18H,1H3,(H,17,22). The number of nitrogens with zero attached hydrogens (tertiary/aromatic N) is 4. The highest BCUT2D eigenvalue weighted by molar-refractivity contribution is 7.92. The van der Waals surface area contributed by atoms with Crippen molar-refractivity contribution in [1.29, 1.82) is 0 Å². The number of hydrogen-bond donors (Lipinski definition) is 2. The first-order chi connectivity index (χ1) is 11.9. The van der Waals surface area contributed by atoms with E-state index < -0.39 is 10.0 Å². The van der Waals surface area contributed by atoms with Crippen LogP contribution in [0.1, 0.15) is 10.4 Å². The number of tetrazole rings is 1. The third-order valence-electron chi connectivity index (χ3n) is 3.21. The number of carbonyl (C=O) groups excluding carboxylic acids is 1. The van der Waals surface area contributed by atoms with Gasteiger partial charge in [0.2, 0.25) is 10.0 Å². The summed E-state index contributed by atoms with van der Waals surface area (Å²) in [5.74, 6) is -0.369. The van der Waals surface area contributed by atoms with Gasteiger partial charge in [0.1, 0.15) is 6.33 Å². The summed E-state index contributed by atoms with van der Waals surface area (Å²) < 4.78 is 26.7. The number of amides is 1. The molecule has 3 aromatic rings. The second-order valence-corrected chi connectivity index (χ2v) is 6.92. The molecule has 0 atom stereocenters. The Labute approximate surface area is 143 Å². The molecular formula is C15H14N6O3S. The number of hydrogen-bond acceptors (Lipinski definition) is 6. The summed E-state index contributed by atoms with van der Waals surface area (Å²) in [7, 11) is -3.45. The Bertz CT molecular complexity index is 984. The van der Waals surface area contributed by atoms with Crippen LogP contribution in [-0.4, -0.2) is 40.8 Å². The number of para-hydroxylation sites is 2. The van der Waals surface area contributed by atoms with Crippen LogP contribution >= 0.6 is 0 Å². The fourth-order valence-corrected chi connectivity index (χ4v) is 2.70. The zero-order valence-electron chi connectivity index (χ0n) is 13.1. The minimum Gasteiger partial charge on any atom is -0.320 e. The molecule has 128 valence electrons. The summed E-state index contributed by atoms with van der Waals surface area (Å²) in [6, 6.07) is 13.2. The molecule has 0 unspecified atom stereocenters. The van der Waals surface area contributed by atoms with E-state index in [0.717, 1.165) is 6.26 Å².